The monoisotopic (exact) mass is 381 g/mol. The Bertz CT molecular complexity index is 1050. The minimum Gasteiger partial charge on any atom is -0.496 e. The van der Waals surface area contributed by atoms with Crippen LogP contribution in [0.25, 0.3) is 11.0 Å². The van der Waals surface area contributed by atoms with Gasteiger partial charge in [0.1, 0.15) is 12.4 Å². The lowest BCUT2D eigenvalue weighted by molar-refractivity contribution is 0.0472. The predicted octanol–water partition coefficient (Wildman–Crippen LogP) is 3.89. The molecule has 3 aromatic rings. The van der Waals surface area contributed by atoms with E-state index in [1.165, 1.54) is 14.0 Å². The molecule has 146 valence electrons. The van der Waals surface area contributed by atoms with Gasteiger partial charge in [0.25, 0.3) is 0 Å². The average molecular weight is 381 g/mol. The number of aromatic nitrogens is 3. The van der Waals surface area contributed by atoms with Gasteiger partial charge in [0, 0.05) is 22.9 Å². The molecule has 7 heteroatoms. The molecule has 28 heavy (non-hydrogen) atoms. The van der Waals surface area contributed by atoms with Gasteiger partial charge in [-0.25, -0.2) is 14.5 Å². The molecule has 0 N–H and O–H groups in total. The highest BCUT2D eigenvalue weighted by Gasteiger charge is 2.19. The molecule has 0 bridgehead atoms. The van der Waals surface area contributed by atoms with Crippen LogP contribution in [0.4, 0.5) is 0 Å². The summed E-state index contributed by atoms with van der Waals surface area (Å²) >= 11 is 0. The number of hydrogen-bond donors (Lipinski definition) is 0. The van der Waals surface area contributed by atoms with E-state index in [9.17, 15) is 9.59 Å². The minimum atomic E-state index is -0.478. The predicted molar refractivity (Wildman–Crippen MR) is 105 cm³/mol. The molecule has 0 radical (unpaired) electrons. The van der Waals surface area contributed by atoms with E-state index in [0.717, 1.165) is 0 Å². The van der Waals surface area contributed by atoms with Crippen LogP contribution < -0.4 is 4.74 Å². The number of fused-ring (bicyclic) bond motifs is 1. The molecule has 0 spiro atoms. The van der Waals surface area contributed by atoms with E-state index in [1.807, 2.05) is 20.8 Å². The van der Waals surface area contributed by atoms with Crippen molar-refractivity contribution >= 4 is 22.8 Å². The lowest BCUT2D eigenvalue weighted by atomic mass is 10.1. The average Bonchev–Trinajstić information content (AvgIpc) is 3.08. The molecule has 0 atom stereocenters. The van der Waals surface area contributed by atoms with Gasteiger partial charge >= 0.3 is 5.97 Å². The Morgan fingerprint density at radius 2 is 1.96 bits per heavy atom. The normalized spacial score (nSPS) is 11.1. The molecule has 0 saturated heterocycles. The Morgan fingerprint density at radius 1 is 1.21 bits per heavy atom. The van der Waals surface area contributed by atoms with Crippen LogP contribution in [-0.2, 0) is 11.3 Å². The molecule has 2 heterocycles. The van der Waals surface area contributed by atoms with Gasteiger partial charge in [-0.1, -0.05) is 0 Å². The van der Waals surface area contributed by atoms with Gasteiger partial charge in [-0.2, -0.15) is 5.10 Å². The number of benzene rings is 1. The van der Waals surface area contributed by atoms with Gasteiger partial charge in [-0.15, -0.1) is 0 Å². The maximum atomic E-state index is 12.8. The van der Waals surface area contributed by atoms with Crippen LogP contribution in [0, 0.1) is 6.92 Å². The highest BCUT2D eigenvalue weighted by atomic mass is 16.5. The van der Waals surface area contributed by atoms with Gasteiger partial charge in [-0.3, -0.25) is 4.79 Å². The number of carbonyl (C=O) groups excluding carboxylic acids is 2. The first kappa shape index (κ1) is 19.5. The van der Waals surface area contributed by atoms with Gasteiger partial charge in [0.2, 0.25) is 0 Å². The summed E-state index contributed by atoms with van der Waals surface area (Å²) in [6.45, 7) is 7.31. The van der Waals surface area contributed by atoms with E-state index >= 15 is 0 Å². The summed E-state index contributed by atoms with van der Waals surface area (Å²) in [6, 6.07) is 6.87. The molecular weight excluding hydrogens is 358 g/mol. The number of esters is 1. The fourth-order valence-corrected chi connectivity index (χ4v) is 3.02. The summed E-state index contributed by atoms with van der Waals surface area (Å²) in [6.07, 6.45) is 1.63. The van der Waals surface area contributed by atoms with Crippen molar-refractivity contribution in [3.63, 3.8) is 0 Å². The molecular formula is C21H23N3O4. The number of hydrogen-bond acceptors (Lipinski definition) is 6. The third kappa shape index (κ3) is 3.74. The first-order valence-electron chi connectivity index (χ1n) is 9.01. The number of ketones is 1. The lowest BCUT2D eigenvalue weighted by Crippen LogP contribution is -2.09. The van der Waals surface area contributed by atoms with E-state index in [1.54, 1.807) is 35.1 Å². The van der Waals surface area contributed by atoms with Crippen LogP contribution >= 0.6 is 0 Å². The number of methoxy groups -OCH3 is 1. The van der Waals surface area contributed by atoms with E-state index in [4.69, 9.17) is 9.47 Å². The Hall–Kier alpha value is -3.22. The number of Topliss-reactive ketones (excluding diaryl/α,β-unsaturated/α-hetero) is 1. The largest absolute Gasteiger partial charge is 0.496 e. The maximum Gasteiger partial charge on any atom is 0.339 e. The first-order valence-corrected chi connectivity index (χ1v) is 9.01. The summed E-state index contributed by atoms with van der Waals surface area (Å²) in [5.74, 6) is 0.0124. The molecule has 1 aromatic carbocycles. The van der Waals surface area contributed by atoms with Crippen molar-refractivity contribution in [2.24, 2.45) is 0 Å². The fraction of sp³-hybridized carbons (Fsp3) is 0.333. The minimum absolute atomic E-state index is 0.00961. The number of nitrogens with zero attached hydrogens (tertiary/aromatic N) is 3. The fourth-order valence-electron chi connectivity index (χ4n) is 3.02. The van der Waals surface area contributed by atoms with Gasteiger partial charge in [0.15, 0.2) is 11.4 Å². The molecule has 2 aromatic heterocycles. The number of aryl methyl sites for hydroxylation is 1. The second-order valence-electron chi connectivity index (χ2n) is 6.89. The molecule has 0 aliphatic heterocycles. The third-order valence-corrected chi connectivity index (χ3v) is 4.45. The standard InChI is InChI=1S/C21H23N3O4/c1-12(2)24-20-18(10-22-24)17(8-13(3)23-20)21(26)28-11-16-9-15(14(4)25)6-7-19(16)27-5/h6-10,12H,11H2,1-5H3. The topological polar surface area (TPSA) is 83.3 Å². The van der Waals surface area contributed by atoms with E-state index in [-0.39, 0.29) is 18.4 Å². The zero-order chi connectivity index (χ0) is 20.4. The highest BCUT2D eigenvalue weighted by Crippen LogP contribution is 2.24. The quantitative estimate of drug-likeness (QED) is 0.476. The zero-order valence-electron chi connectivity index (χ0n) is 16.6. The Balaban J connectivity index is 1.90. The smallest absolute Gasteiger partial charge is 0.339 e. The van der Waals surface area contributed by atoms with Crippen molar-refractivity contribution in [2.45, 2.75) is 40.3 Å². The Labute approximate surface area is 163 Å². The number of rotatable bonds is 6. The van der Waals surface area contributed by atoms with Crippen LogP contribution in [-0.4, -0.2) is 33.6 Å². The Kier molecular flexibility index (Phi) is 5.44. The number of pyridine rings is 1. The number of ether oxygens (including phenoxy) is 2. The van der Waals surface area contributed by atoms with Crippen molar-refractivity contribution in [3.05, 3.63) is 52.8 Å². The maximum absolute atomic E-state index is 12.8. The van der Waals surface area contributed by atoms with Crippen molar-refractivity contribution in [3.8, 4) is 5.75 Å². The van der Waals surface area contributed by atoms with Crippen LogP contribution in [0.2, 0.25) is 0 Å². The van der Waals surface area contributed by atoms with E-state index in [2.05, 4.69) is 10.1 Å². The van der Waals surface area contributed by atoms with Crippen molar-refractivity contribution in [1.29, 1.82) is 0 Å². The number of carbonyl (C=O) groups is 2. The molecule has 0 unspecified atom stereocenters. The van der Waals surface area contributed by atoms with Crippen LogP contribution in [0.3, 0.4) is 0 Å². The molecule has 0 amide bonds. The second-order valence-corrected chi connectivity index (χ2v) is 6.89. The first-order chi connectivity index (χ1) is 13.3. The van der Waals surface area contributed by atoms with Crippen molar-refractivity contribution < 1.29 is 19.1 Å². The third-order valence-electron chi connectivity index (χ3n) is 4.45. The molecule has 7 nitrogen and oxygen atoms in total. The second kappa shape index (κ2) is 7.80. The molecule has 3 rings (SSSR count). The summed E-state index contributed by atoms with van der Waals surface area (Å²) in [7, 11) is 1.53. The molecule has 0 saturated carbocycles. The SMILES string of the molecule is COc1ccc(C(C)=O)cc1COC(=O)c1cc(C)nc2c1cnn2C(C)C. The molecule has 0 fully saturated rings. The van der Waals surface area contributed by atoms with Crippen LogP contribution in [0.1, 0.15) is 58.8 Å². The summed E-state index contributed by atoms with van der Waals surface area (Å²) in [4.78, 5) is 28.9. The summed E-state index contributed by atoms with van der Waals surface area (Å²) in [5.41, 5.74) is 2.93. The summed E-state index contributed by atoms with van der Waals surface area (Å²) in [5, 5.41) is 4.99. The van der Waals surface area contributed by atoms with E-state index < -0.39 is 5.97 Å². The van der Waals surface area contributed by atoms with Gasteiger partial charge in [0.05, 0.1) is 24.3 Å². The lowest BCUT2D eigenvalue weighted by Gasteiger charge is -2.12. The van der Waals surface area contributed by atoms with Crippen molar-refractivity contribution in [1.82, 2.24) is 14.8 Å². The van der Waals surface area contributed by atoms with Crippen molar-refractivity contribution in [2.75, 3.05) is 7.11 Å². The Morgan fingerprint density at radius 3 is 2.61 bits per heavy atom. The molecule has 0 aliphatic carbocycles. The van der Waals surface area contributed by atoms with Crippen LogP contribution in [0.5, 0.6) is 5.75 Å². The molecule has 0 aliphatic rings. The van der Waals surface area contributed by atoms with Gasteiger partial charge < -0.3 is 9.47 Å². The highest BCUT2D eigenvalue weighted by molar-refractivity contribution is 6.02. The van der Waals surface area contributed by atoms with Gasteiger partial charge in [-0.05, 0) is 52.0 Å². The van der Waals surface area contributed by atoms with Crippen LogP contribution in [0.15, 0.2) is 30.5 Å². The summed E-state index contributed by atoms with van der Waals surface area (Å²) < 4.78 is 12.6. The van der Waals surface area contributed by atoms with E-state index in [0.29, 0.717) is 39.2 Å². The zero-order valence-corrected chi connectivity index (χ0v) is 16.6.